The third-order valence-corrected chi connectivity index (χ3v) is 3.09. The number of aromatic amines is 2. The number of rotatable bonds is 2. The first-order chi connectivity index (χ1) is 8.65. The van der Waals surface area contributed by atoms with E-state index >= 15 is 0 Å². The highest BCUT2D eigenvalue weighted by molar-refractivity contribution is 5.90. The highest BCUT2D eigenvalue weighted by Crippen LogP contribution is 2.25. The van der Waals surface area contributed by atoms with Crippen molar-refractivity contribution in [1.29, 1.82) is 0 Å². The molecule has 0 aliphatic carbocycles. The number of aromatic nitrogens is 2. The van der Waals surface area contributed by atoms with E-state index in [4.69, 9.17) is 5.11 Å². The van der Waals surface area contributed by atoms with E-state index in [0.717, 1.165) is 22.3 Å². The van der Waals surface area contributed by atoms with Crippen LogP contribution in [-0.2, 0) is 0 Å². The fourth-order valence-corrected chi connectivity index (χ4v) is 2.13. The summed E-state index contributed by atoms with van der Waals surface area (Å²) in [5.41, 5.74) is 4.12. The number of fused-ring (bicyclic) bond motifs is 1. The molecule has 0 spiro atoms. The van der Waals surface area contributed by atoms with Crippen molar-refractivity contribution < 1.29 is 9.90 Å². The molecule has 0 atom stereocenters. The highest BCUT2D eigenvalue weighted by Gasteiger charge is 2.09. The van der Waals surface area contributed by atoms with Gasteiger partial charge < -0.3 is 15.1 Å². The number of hydrogen-bond donors (Lipinski definition) is 3. The standard InChI is InChI=1S/C14H12N2O2/c1-8-3-2-4-10-9(8)7-13(15-10)11-5-6-12(16-11)14(17)18/h2-7,15-16H,1H3,(H,17,18). The van der Waals surface area contributed by atoms with Gasteiger partial charge in [0.25, 0.3) is 0 Å². The second-order valence-electron chi connectivity index (χ2n) is 4.31. The summed E-state index contributed by atoms with van der Waals surface area (Å²) in [5, 5.41) is 10.0. The fourth-order valence-electron chi connectivity index (χ4n) is 2.13. The molecule has 0 saturated carbocycles. The van der Waals surface area contributed by atoms with Gasteiger partial charge in [-0.25, -0.2) is 4.79 Å². The Hall–Kier alpha value is -2.49. The summed E-state index contributed by atoms with van der Waals surface area (Å²) < 4.78 is 0. The number of aromatic carboxylic acids is 1. The fraction of sp³-hybridized carbons (Fsp3) is 0.0714. The molecule has 0 aliphatic heterocycles. The average molecular weight is 240 g/mol. The number of hydrogen-bond acceptors (Lipinski definition) is 1. The Bertz CT molecular complexity index is 737. The van der Waals surface area contributed by atoms with E-state index in [9.17, 15) is 4.79 Å². The molecule has 0 unspecified atom stereocenters. The molecule has 4 heteroatoms. The molecule has 1 aromatic carbocycles. The lowest BCUT2D eigenvalue weighted by molar-refractivity contribution is 0.0691. The number of carboxylic acid groups (broad SMARTS) is 1. The molecule has 0 saturated heterocycles. The topological polar surface area (TPSA) is 68.9 Å². The van der Waals surface area contributed by atoms with Gasteiger partial charge in [-0.3, -0.25) is 0 Å². The van der Waals surface area contributed by atoms with Crippen molar-refractivity contribution >= 4 is 16.9 Å². The number of aryl methyl sites for hydroxylation is 1. The van der Waals surface area contributed by atoms with Crippen LogP contribution >= 0.6 is 0 Å². The Labute approximate surface area is 103 Å². The maximum atomic E-state index is 10.8. The minimum atomic E-state index is -0.950. The van der Waals surface area contributed by atoms with Crippen molar-refractivity contribution in [2.45, 2.75) is 6.92 Å². The minimum absolute atomic E-state index is 0.195. The van der Waals surface area contributed by atoms with Crippen LogP contribution in [0.15, 0.2) is 36.4 Å². The molecule has 4 nitrogen and oxygen atoms in total. The second-order valence-corrected chi connectivity index (χ2v) is 4.31. The van der Waals surface area contributed by atoms with Gasteiger partial charge in [0.05, 0.1) is 11.4 Å². The smallest absolute Gasteiger partial charge is 0.352 e. The van der Waals surface area contributed by atoms with Crippen LogP contribution in [0.3, 0.4) is 0 Å². The zero-order valence-corrected chi connectivity index (χ0v) is 9.82. The third-order valence-electron chi connectivity index (χ3n) is 3.09. The predicted octanol–water partition coefficient (Wildman–Crippen LogP) is 3.17. The molecular weight excluding hydrogens is 228 g/mol. The van der Waals surface area contributed by atoms with E-state index < -0.39 is 5.97 Å². The Morgan fingerprint density at radius 3 is 2.61 bits per heavy atom. The van der Waals surface area contributed by atoms with Crippen LogP contribution < -0.4 is 0 Å². The number of carbonyl (C=O) groups is 1. The number of H-pyrrole nitrogens is 2. The second kappa shape index (κ2) is 3.77. The molecule has 0 amide bonds. The Morgan fingerprint density at radius 2 is 1.94 bits per heavy atom. The molecule has 90 valence electrons. The summed E-state index contributed by atoms with van der Waals surface area (Å²) in [6, 6.07) is 11.4. The SMILES string of the molecule is Cc1cccc2[nH]c(-c3ccc(C(=O)O)[nH]3)cc12. The monoisotopic (exact) mass is 240 g/mol. The van der Waals surface area contributed by atoms with Gasteiger partial charge in [-0.1, -0.05) is 12.1 Å². The van der Waals surface area contributed by atoms with Crippen LogP contribution in [0.5, 0.6) is 0 Å². The van der Waals surface area contributed by atoms with E-state index in [1.807, 2.05) is 18.2 Å². The van der Waals surface area contributed by atoms with E-state index in [1.165, 1.54) is 5.56 Å². The summed E-state index contributed by atoms with van der Waals surface area (Å²) in [7, 11) is 0. The van der Waals surface area contributed by atoms with Gasteiger partial charge in [0, 0.05) is 10.9 Å². The lowest BCUT2D eigenvalue weighted by Gasteiger charge is -1.92. The Kier molecular flexibility index (Phi) is 2.23. The van der Waals surface area contributed by atoms with Crippen molar-refractivity contribution in [1.82, 2.24) is 9.97 Å². The van der Waals surface area contributed by atoms with Gasteiger partial charge >= 0.3 is 5.97 Å². The highest BCUT2D eigenvalue weighted by atomic mass is 16.4. The molecule has 0 fully saturated rings. The molecule has 3 aromatic rings. The first-order valence-electron chi connectivity index (χ1n) is 5.66. The van der Waals surface area contributed by atoms with Crippen LogP contribution in [0, 0.1) is 6.92 Å². The normalized spacial score (nSPS) is 10.9. The molecule has 2 aromatic heterocycles. The summed E-state index contributed by atoms with van der Waals surface area (Å²) in [6.45, 7) is 2.05. The van der Waals surface area contributed by atoms with E-state index in [-0.39, 0.29) is 5.69 Å². The van der Waals surface area contributed by atoms with E-state index in [2.05, 4.69) is 23.0 Å². The molecular formula is C14H12N2O2. The molecule has 3 rings (SSSR count). The first-order valence-corrected chi connectivity index (χ1v) is 5.66. The van der Waals surface area contributed by atoms with Gasteiger partial charge in [0.2, 0.25) is 0 Å². The molecule has 0 aliphatic rings. The average Bonchev–Trinajstić information content (AvgIpc) is 2.95. The first kappa shape index (κ1) is 10.7. The van der Waals surface area contributed by atoms with Crippen LogP contribution in [-0.4, -0.2) is 21.0 Å². The van der Waals surface area contributed by atoms with Crippen LogP contribution in [0.1, 0.15) is 16.1 Å². The summed E-state index contributed by atoms with van der Waals surface area (Å²) >= 11 is 0. The van der Waals surface area contributed by atoms with Crippen LogP contribution in [0.25, 0.3) is 22.3 Å². The van der Waals surface area contributed by atoms with Crippen molar-refractivity contribution in [2.24, 2.45) is 0 Å². The maximum absolute atomic E-state index is 10.8. The molecule has 0 radical (unpaired) electrons. The van der Waals surface area contributed by atoms with Crippen molar-refractivity contribution in [2.75, 3.05) is 0 Å². The van der Waals surface area contributed by atoms with Gasteiger partial charge in [-0.15, -0.1) is 0 Å². The maximum Gasteiger partial charge on any atom is 0.352 e. The zero-order chi connectivity index (χ0) is 12.7. The van der Waals surface area contributed by atoms with E-state index in [1.54, 1.807) is 12.1 Å². The summed E-state index contributed by atoms with van der Waals surface area (Å²) in [5.74, 6) is -0.950. The lowest BCUT2D eigenvalue weighted by atomic mass is 10.1. The molecule has 0 bridgehead atoms. The van der Waals surface area contributed by atoms with Crippen molar-refractivity contribution in [3.8, 4) is 11.4 Å². The Balaban J connectivity index is 2.13. The van der Waals surface area contributed by atoms with Gasteiger partial charge in [-0.05, 0) is 36.8 Å². The number of nitrogens with one attached hydrogen (secondary N) is 2. The number of carboxylic acids is 1. The van der Waals surface area contributed by atoms with Crippen molar-refractivity contribution in [3.63, 3.8) is 0 Å². The molecule has 3 N–H and O–H groups in total. The quantitative estimate of drug-likeness (QED) is 0.644. The molecule has 18 heavy (non-hydrogen) atoms. The van der Waals surface area contributed by atoms with Crippen LogP contribution in [0.2, 0.25) is 0 Å². The number of benzene rings is 1. The van der Waals surface area contributed by atoms with Crippen LogP contribution in [0.4, 0.5) is 0 Å². The molecule has 2 heterocycles. The predicted molar refractivity (Wildman–Crippen MR) is 69.8 cm³/mol. The largest absolute Gasteiger partial charge is 0.477 e. The van der Waals surface area contributed by atoms with E-state index in [0.29, 0.717) is 0 Å². The zero-order valence-electron chi connectivity index (χ0n) is 9.82. The van der Waals surface area contributed by atoms with Gasteiger partial charge in [0.1, 0.15) is 5.69 Å². The Morgan fingerprint density at radius 1 is 1.11 bits per heavy atom. The van der Waals surface area contributed by atoms with Gasteiger partial charge in [-0.2, -0.15) is 0 Å². The van der Waals surface area contributed by atoms with Crippen molar-refractivity contribution in [3.05, 3.63) is 47.7 Å². The van der Waals surface area contributed by atoms with Gasteiger partial charge in [0.15, 0.2) is 0 Å². The summed E-state index contributed by atoms with van der Waals surface area (Å²) in [6.07, 6.45) is 0. The minimum Gasteiger partial charge on any atom is -0.477 e. The summed E-state index contributed by atoms with van der Waals surface area (Å²) in [4.78, 5) is 17.0. The lowest BCUT2D eigenvalue weighted by Crippen LogP contribution is -1.95. The third kappa shape index (κ3) is 1.59.